The van der Waals surface area contributed by atoms with Crippen LogP contribution in [0.15, 0.2) is 12.2 Å². The Balaban J connectivity index is 2.41. The van der Waals surface area contributed by atoms with Gasteiger partial charge in [0.1, 0.15) is 5.60 Å². The summed E-state index contributed by atoms with van der Waals surface area (Å²) in [4.78, 5) is 13.3. The van der Waals surface area contributed by atoms with Gasteiger partial charge in [0, 0.05) is 19.2 Å². The van der Waals surface area contributed by atoms with Crippen molar-refractivity contribution in [2.75, 3.05) is 13.1 Å². The summed E-state index contributed by atoms with van der Waals surface area (Å²) < 4.78 is 41.3. The van der Waals surface area contributed by atoms with Gasteiger partial charge in [0.25, 0.3) is 0 Å². The Hall–Kier alpha value is -1.20. The Morgan fingerprint density at radius 3 is 2.16 bits per heavy atom. The molecule has 0 N–H and O–H groups in total. The van der Waals surface area contributed by atoms with Crippen molar-refractivity contribution < 1.29 is 22.7 Å². The van der Waals surface area contributed by atoms with Gasteiger partial charge in [-0.1, -0.05) is 6.08 Å². The lowest BCUT2D eigenvalue weighted by atomic mass is 9.96. The van der Waals surface area contributed by atoms with Gasteiger partial charge >= 0.3 is 12.3 Å². The molecule has 1 aliphatic heterocycles. The molecule has 0 spiro atoms. The van der Waals surface area contributed by atoms with Gasteiger partial charge in [0.15, 0.2) is 0 Å². The van der Waals surface area contributed by atoms with Crippen LogP contribution in [0.2, 0.25) is 0 Å². The summed E-state index contributed by atoms with van der Waals surface area (Å²) in [6.45, 7) is 6.21. The molecule has 0 saturated carbocycles. The number of amides is 1. The highest BCUT2D eigenvalue weighted by atomic mass is 19.4. The van der Waals surface area contributed by atoms with E-state index in [0.29, 0.717) is 25.9 Å². The number of piperidine rings is 1. The van der Waals surface area contributed by atoms with Crippen molar-refractivity contribution in [3.8, 4) is 0 Å². The molecule has 1 fully saturated rings. The van der Waals surface area contributed by atoms with E-state index in [1.165, 1.54) is 6.08 Å². The molecule has 1 saturated heterocycles. The molecule has 1 rings (SSSR count). The SMILES string of the molecule is CC(C)(C)OC(=O)N1CCC(/C=C\C(F)(F)F)CC1. The Morgan fingerprint density at radius 1 is 1.21 bits per heavy atom. The Labute approximate surface area is 111 Å². The van der Waals surface area contributed by atoms with Crippen molar-refractivity contribution >= 4 is 6.09 Å². The molecular weight excluding hydrogens is 259 g/mol. The first kappa shape index (κ1) is 15.9. The minimum atomic E-state index is -4.26. The number of hydrogen-bond donors (Lipinski definition) is 0. The number of carbonyl (C=O) groups is 1. The molecule has 110 valence electrons. The molecule has 0 aromatic carbocycles. The smallest absolute Gasteiger partial charge is 0.410 e. The van der Waals surface area contributed by atoms with E-state index in [0.717, 1.165) is 0 Å². The Bertz CT molecular complexity index is 337. The van der Waals surface area contributed by atoms with Crippen LogP contribution in [0.3, 0.4) is 0 Å². The number of hydrogen-bond acceptors (Lipinski definition) is 2. The standard InChI is InChI=1S/C13H20F3NO2/c1-12(2,3)19-11(18)17-8-5-10(6-9-17)4-7-13(14,15)16/h4,7,10H,5-6,8-9H2,1-3H3/b7-4-. The summed E-state index contributed by atoms with van der Waals surface area (Å²) in [6.07, 6.45) is -2.13. The fourth-order valence-electron chi connectivity index (χ4n) is 1.85. The van der Waals surface area contributed by atoms with E-state index in [1.807, 2.05) is 0 Å². The second-order valence-corrected chi connectivity index (χ2v) is 5.71. The quantitative estimate of drug-likeness (QED) is 0.684. The van der Waals surface area contributed by atoms with Crippen LogP contribution >= 0.6 is 0 Å². The zero-order valence-corrected chi connectivity index (χ0v) is 11.5. The van der Waals surface area contributed by atoms with Crippen LogP contribution in [0.5, 0.6) is 0 Å². The van der Waals surface area contributed by atoms with Crippen LogP contribution in [0.25, 0.3) is 0 Å². The topological polar surface area (TPSA) is 29.5 Å². The van der Waals surface area contributed by atoms with Gasteiger partial charge in [-0.05, 0) is 39.5 Å². The highest BCUT2D eigenvalue weighted by molar-refractivity contribution is 5.68. The average molecular weight is 279 g/mol. The molecular formula is C13H20F3NO2. The largest absolute Gasteiger partial charge is 0.444 e. The molecule has 1 heterocycles. The summed E-state index contributed by atoms with van der Waals surface area (Å²) in [5.74, 6) is -0.125. The number of alkyl halides is 3. The van der Waals surface area contributed by atoms with E-state index in [4.69, 9.17) is 4.74 Å². The van der Waals surface area contributed by atoms with Crippen LogP contribution in [0.4, 0.5) is 18.0 Å². The number of nitrogens with zero attached hydrogens (tertiary/aromatic N) is 1. The van der Waals surface area contributed by atoms with Gasteiger partial charge in [-0.2, -0.15) is 13.2 Å². The van der Waals surface area contributed by atoms with Crippen LogP contribution in [0.1, 0.15) is 33.6 Å². The summed E-state index contributed by atoms with van der Waals surface area (Å²) in [7, 11) is 0. The van der Waals surface area contributed by atoms with Crippen LogP contribution in [-0.4, -0.2) is 35.9 Å². The third-order valence-electron chi connectivity index (χ3n) is 2.75. The van der Waals surface area contributed by atoms with Crippen molar-refractivity contribution in [1.82, 2.24) is 4.90 Å². The van der Waals surface area contributed by atoms with E-state index in [2.05, 4.69) is 0 Å². The highest BCUT2D eigenvalue weighted by Crippen LogP contribution is 2.23. The predicted octanol–water partition coefficient (Wildman–Crippen LogP) is 3.75. The van der Waals surface area contributed by atoms with Crippen molar-refractivity contribution in [3.63, 3.8) is 0 Å². The first-order valence-electron chi connectivity index (χ1n) is 6.31. The number of carbonyl (C=O) groups excluding carboxylic acids is 1. The fourth-order valence-corrected chi connectivity index (χ4v) is 1.85. The van der Waals surface area contributed by atoms with Crippen molar-refractivity contribution in [2.45, 2.75) is 45.4 Å². The molecule has 0 aromatic rings. The average Bonchev–Trinajstić information content (AvgIpc) is 2.23. The van der Waals surface area contributed by atoms with Gasteiger partial charge < -0.3 is 9.64 Å². The minimum absolute atomic E-state index is 0.125. The van der Waals surface area contributed by atoms with E-state index in [1.54, 1.807) is 25.7 Å². The van der Waals surface area contributed by atoms with E-state index in [-0.39, 0.29) is 12.0 Å². The number of rotatable bonds is 1. The zero-order valence-electron chi connectivity index (χ0n) is 11.5. The number of halogens is 3. The van der Waals surface area contributed by atoms with Crippen molar-refractivity contribution in [2.24, 2.45) is 5.92 Å². The lowest BCUT2D eigenvalue weighted by Crippen LogP contribution is -2.41. The van der Waals surface area contributed by atoms with Crippen LogP contribution in [-0.2, 0) is 4.74 Å². The van der Waals surface area contributed by atoms with E-state index >= 15 is 0 Å². The fraction of sp³-hybridized carbons (Fsp3) is 0.769. The zero-order chi connectivity index (χ0) is 14.7. The molecule has 3 nitrogen and oxygen atoms in total. The first-order valence-corrected chi connectivity index (χ1v) is 6.31. The van der Waals surface area contributed by atoms with Gasteiger partial charge in [0.2, 0.25) is 0 Å². The molecule has 6 heteroatoms. The van der Waals surface area contributed by atoms with E-state index < -0.39 is 17.9 Å². The number of ether oxygens (including phenoxy) is 1. The lowest BCUT2D eigenvalue weighted by molar-refractivity contribution is -0.0804. The van der Waals surface area contributed by atoms with Gasteiger partial charge in [-0.25, -0.2) is 4.79 Å². The maximum atomic E-state index is 12.0. The molecule has 1 amide bonds. The normalized spacial score (nSPS) is 18.9. The second kappa shape index (κ2) is 5.84. The predicted molar refractivity (Wildman–Crippen MR) is 65.7 cm³/mol. The third-order valence-corrected chi connectivity index (χ3v) is 2.75. The monoisotopic (exact) mass is 279 g/mol. The lowest BCUT2D eigenvalue weighted by Gasteiger charge is -2.32. The summed E-state index contributed by atoms with van der Waals surface area (Å²) in [5, 5.41) is 0. The Kier molecular flexibility index (Phi) is 4.87. The van der Waals surface area contributed by atoms with Crippen LogP contribution < -0.4 is 0 Å². The van der Waals surface area contributed by atoms with E-state index in [9.17, 15) is 18.0 Å². The number of allylic oxidation sites excluding steroid dienone is 2. The van der Waals surface area contributed by atoms with Crippen LogP contribution in [0, 0.1) is 5.92 Å². The molecule has 1 aliphatic rings. The molecule has 19 heavy (non-hydrogen) atoms. The summed E-state index contributed by atoms with van der Waals surface area (Å²) in [6, 6.07) is 0. The molecule has 0 atom stereocenters. The molecule has 0 bridgehead atoms. The van der Waals surface area contributed by atoms with Crippen molar-refractivity contribution in [1.29, 1.82) is 0 Å². The van der Waals surface area contributed by atoms with Gasteiger partial charge in [0.05, 0.1) is 0 Å². The third kappa shape index (κ3) is 6.50. The number of likely N-dealkylation sites (tertiary alicyclic amines) is 1. The maximum absolute atomic E-state index is 12.0. The second-order valence-electron chi connectivity index (χ2n) is 5.71. The highest BCUT2D eigenvalue weighted by Gasteiger charge is 2.27. The van der Waals surface area contributed by atoms with Gasteiger partial charge in [-0.3, -0.25) is 0 Å². The minimum Gasteiger partial charge on any atom is -0.444 e. The molecule has 0 unspecified atom stereocenters. The molecule has 0 aromatic heterocycles. The maximum Gasteiger partial charge on any atom is 0.410 e. The molecule has 0 radical (unpaired) electrons. The first-order chi connectivity index (χ1) is 8.57. The summed E-state index contributed by atoms with van der Waals surface area (Å²) in [5.41, 5.74) is -0.551. The van der Waals surface area contributed by atoms with Gasteiger partial charge in [-0.15, -0.1) is 0 Å². The molecule has 0 aliphatic carbocycles. The van der Waals surface area contributed by atoms with Crippen molar-refractivity contribution in [3.05, 3.63) is 12.2 Å². The summed E-state index contributed by atoms with van der Waals surface area (Å²) >= 11 is 0. The Morgan fingerprint density at radius 2 is 1.74 bits per heavy atom.